The standard InChI is InChI=1S/C16H26N2O/c1-17-9-6-16(7-10-17)5-2-8-18(16)15(19)14-11-13(14)12-3-4-12/h12-14H,2-11H2,1H3/t13-,14+/m1/s1. The Morgan fingerprint density at radius 2 is 1.84 bits per heavy atom. The maximum Gasteiger partial charge on any atom is 0.226 e. The smallest absolute Gasteiger partial charge is 0.226 e. The van der Waals surface area contributed by atoms with Crippen molar-refractivity contribution in [3.05, 3.63) is 0 Å². The van der Waals surface area contributed by atoms with E-state index >= 15 is 0 Å². The van der Waals surface area contributed by atoms with Crippen LogP contribution in [0.4, 0.5) is 0 Å². The Kier molecular flexibility index (Phi) is 2.70. The van der Waals surface area contributed by atoms with Gasteiger partial charge in [-0.1, -0.05) is 0 Å². The lowest BCUT2D eigenvalue weighted by Gasteiger charge is -2.44. The third-order valence-corrected chi connectivity index (χ3v) is 6.16. The molecule has 2 atom stereocenters. The second-order valence-electron chi connectivity index (χ2n) is 7.46. The number of hydrogen-bond donors (Lipinski definition) is 0. The average Bonchev–Trinajstić information content (AvgIpc) is 3.28. The molecule has 4 aliphatic rings. The van der Waals surface area contributed by atoms with Crippen LogP contribution in [0.1, 0.15) is 44.9 Å². The summed E-state index contributed by atoms with van der Waals surface area (Å²) in [7, 11) is 2.21. The van der Waals surface area contributed by atoms with Crippen LogP contribution in [0.3, 0.4) is 0 Å². The van der Waals surface area contributed by atoms with E-state index in [4.69, 9.17) is 0 Å². The quantitative estimate of drug-likeness (QED) is 0.761. The van der Waals surface area contributed by atoms with Crippen LogP contribution in [0.5, 0.6) is 0 Å². The molecule has 0 bridgehead atoms. The van der Waals surface area contributed by atoms with Crippen LogP contribution in [0, 0.1) is 17.8 Å². The zero-order chi connectivity index (χ0) is 13.0. The average molecular weight is 262 g/mol. The fraction of sp³-hybridized carbons (Fsp3) is 0.938. The van der Waals surface area contributed by atoms with Gasteiger partial charge in [0.1, 0.15) is 0 Å². The minimum absolute atomic E-state index is 0.250. The normalized spacial score (nSPS) is 37.8. The molecule has 0 N–H and O–H groups in total. The number of rotatable bonds is 2. The van der Waals surface area contributed by atoms with Gasteiger partial charge >= 0.3 is 0 Å². The molecule has 2 saturated heterocycles. The van der Waals surface area contributed by atoms with Crippen LogP contribution in [0.15, 0.2) is 0 Å². The lowest BCUT2D eigenvalue weighted by molar-refractivity contribution is -0.138. The van der Waals surface area contributed by atoms with E-state index in [1.54, 1.807) is 0 Å². The van der Waals surface area contributed by atoms with Crippen molar-refractivity contribution in [3.63, 3.8) is 0 Å². The summed E-state index contributed by atoms with van der Waals surface area (Å²) in [6.45, 7) is 3.37. The molecule has 0 aromatic carbocycles. The Hall–Kier alpha value is -0.570. The van der Waals surface area contributed by atoms with Crippen LogP contribution in [0.2, 0.25) is 0 Å². The minimum atomic E-state index is 0.250. The number of carbonyl (C=O) groups excluding carboxylic acids is 1. The monoisotopic (exact) mass is 262 g/mol. The van der Waals surface area contributed by atoms with Crippen LogP contribution < -0.4 is 0 Å². The van der Waals surface area contributed by atoms with Crippen molar-refractivity contribution in [2.24, 2.45) is 17.8 Å². The molecule has 4 rings (SSSR count). The summed E-state index contributed by atoms with van der Waals surface area (Å²) in [5.41, 5.74) is 0.250. The molecule has 0 aromatic rings. The van der Waals surface area contributed by atoms with Crippen LogP contribution in [0.25, 0.3) is 0 Å². The number of amides is 1. The molecule has 0 aromatic heterocycles. The van der Waals surface area contributed by atoms with Gasteiger partial charge in [0.2, 0.25) is 5.91 Å². The fourth-order valence-corrected chi connectivity index (χ4v) is 4.58. The molecule has 0 unspecified atom stereocenters. The van der Waals surface area contributed by atoms with Crippen molar-refractivity contribution >= 4 is 5.91 Å². The van der Waals surface area contributed by atoms with Gasteiger partial charge in [-0.05, 0) is 63.8 Å². The summed E-state index contributed by atoms with van der Waals surface area (Å²) in [5.74, 6) is 2.64. The highest BCUT2D eigenvalue weighted by Crippen LogP contribution is 2.56. The SMILES string of the molecule is CN1CCC2(CCCN2C(=O)[C@H]2C[C@@H]2C2CC2)CC1. The zero-order valence-electron chi connectivity index (χ0n) is 12.1. The minimum Gasteiger partial charge on any atom is -0.337 e. The van der Waals surface area contributed by atoms with Crippen molar-refractivity contribution in [1.29, 1.82) is 0 Å². The molecular weight excluding hydrogens is 236 g/mol. The molecule has 1 amide bonds. The maximum atomic E-state index is 12.8. The fourth-order valence-electron chi connectivity index (χ4n) is 4.58. The van der Waals surface area contributed by atoms with Crippen molar-refractivity contribution < 1.29 is 4.79 Å². The van der Waals surface area contributed by atoms with Gasteiger partial charge in [-0.2, -0.15) is 0 Å². The molecule has 2 heterocycles. The molecular formula is C16H26N2O. The van der Waals surface area contributed by atoms with E-state index in [-0.39, 0.29) is 5.54 Å². The lowest BCUT2D eigenvalue weighted by Crippen LogP contribution is -2.53. The first kappa shape index (κ1) is 12.2. The van der Waals surface area contributed by atoms with Crippen LogP contribution in [-0.2, 0) is 4.79 Å². The Morgan fingerprint density at radius 3 is 2.53 bits per heavy atom. The van der Waals surface area contributed by atoms with Gasteiger partial charge in [0.25, 0.3) is 0 Å². The zero-order valence-corrected chi connectivity index (χ0v) is 12.1. The van der Waals surface area contributed by atoms with E-state index in [0.29, 0.717) is 11.8 Å². The second kappa shape index (κ2) is 4.21. The summed E-state index contributed by atoms with van der Waals surface area (Å²) in [4.78, 5) is 17.6. The van der Waals surface area contributed by atoms with Crippen molar-refractivity contribution in [3.8, 4) is 0 Å². The van der Waals surface area contributed by atoms with Gasteiger partial charge in [0.05, 0.1) is 0 Å². The first-order valence-electron chi connectivity index (χ1n) is 8.20. The summed E-state index contributed by atoms with van der Waals surface area (Å²) < 4.78 is 0. The predicted octanol–water partition coefficient (Wildman–Crippen LogP) is 2.12. The van der Waals surface area contributed by atoms with Crippen molar-refractivity contribution in [2.75, 3.05) is 26.7 Å². The number of nitrogens with zero attached hydrogens (tertiary/aromatic N) is 2. The van der Waals surface area contributed by atoms with Gasteiger partial charge < -0.3 is 9.80 Å². The second-order valence-corrected chi connectivity index (χ2v) is 7.46. The highest BCUT2D eigenvalue weighted by atomic mass is 16.2. The van der Waals surface area contributed by atoms with Gasteiger partial charge in [-0.25, -0.2) is 0 Å². The number of carbonyl (C=O) groups is 1. The molecule has 3 nitrogen and oxygen atoms in total. The van der Waals surface area contributed by atoms with E-state index in [9.17, 15) is 4.79 Å². The van der Waals surface area contributed by atoms with Crippen LogP contribution in [-0.4, -0.2) is 47.9 Å². The summed E-state index contributed by atoms with van der Waals surface area (Å²) in [6, 6.07) is 0. The third kappa shape index (κ3) is 2.01. The largest absolute Gasteiger partial charge is 0.337 e. The van der Waals surface area contributed by atoms with Crippen molar-refractivity contribution in [1.82, 2.24) is 9.80 Å². The summed E-state index contributed by atoms with van der Waals surface area (Å²) in [6.07, 6.45) is 8.89. The van der Waals surface area contributed by atoms with Gasteiger partial charge in [-0.3, -0.25) is 4.79 Å². The van der Waals surface area contributed by atoms with E-state index in [2.05, 4.69) is 16.8 Å². The number of hydrogen-bond acceptors (Lipinski definition) is 2. The highest BCUT2D eigenvalue weighted by molar-refractivity contribution is 5.83. The third-order valence-electron chi connectivity index (χ3n) is 6.16. The van der Waals surface area contributed by atoms with E-state index in [1.807, 2.05) is 0 Å². The first-order chi connectivity index (χ1) is 9.20. The molecule has 106 valence electrons. The Labute approximate surface area is 116 Å². The number of likely N-dealkylation sites (tertiary alicyclic amines) is 2. The molecule has 2 aliphatic heterocycles. The number of piperidine rings is 1. The molecule has 0 radical (unpaired) electrons. The molecule has 2 saturated carbocycles. The lowest BCUT2D eigenvalue weighted by atomic mass is 9.85. The summed E-state index contributed by atoms with van der Waals surface area (Å²) in [5, 5.41) is 0. The Balaban J connectivity index is 1.46. The van der Waals surface area contributed by atoms with E-state index in [1.165, 1.54) is 58.0 Å². The topological polar surface area (TPSA) is 23.6 Å². The molecule has 19 heavy (non-hydrogen) atoms. The highest BCUT2D eigenvalue weighted by Gasteiger charge is 2.55. The first-order valence-corrected chi connectivity index (χ1v) is 8.20. The molecule has 4 fully saturated rings. The Bertz CT molecular complexity index is 382. The van der Waals surface area contributed by atoms with Crippen molar-refractivity contribution in [2.45, 2.75) is 50.5 Å². The van der Waals surface area contributed by atoms with Gasteiger partial charge in [0, 0.05) is 31.1 Å². The predicted molar refractivity (Wildman–Crippen MR) is 74.7 cm³/mol. The summed E-state index contributed by atoms with van der Waals surface area (Å²) >= 11 is 0. The molecule has 2 aliphatic carbocycles. The van der Waals surface area contributed by atoms with E-state index < -0.39 is 0 Å². The maximum absolute atomic E-state index is 12.8. The Morgan fingerprint density at radius 1 is 1.11 bits per heavy atom. The van der Waals surface area contributed by atoms with Gasteiger partial charge in [-0.15, -0.1) is 0 Å². The van der Waals surface area contributed by atoms with E-state index in [0.717, 1.165) is 18.4 Å². The molecule has 1 spiro atoms. The molecule has 3 heteroatoms. The van der Waals surface area contributed by atoms with Crippen LogP contribution >= 0.6 is 0 Å². The van der Waals surface area contributed by atoms with Gasteiger partial charge in [0.15, 0.2) is 0 Å².